The molecule has 5 heterocycles. The molecule has 0 spiro atoms. The van der Waals surface area contributed by atoms with Crippen molar-refractivity contribution in [3.8, 4) is 44.5 Å². The number of rotatable bonds is 36. The molecule has 0 saturated carbocycles. The minimum atomic E-state index is -1.51. The first-order chi connectivity index (χ1) is 44.2. The van der Waals surface area contributed by atoms with Crippen molar-refractivity contribution in [2.75, 3.05) is 0 Å². The summed E-state index contributed by atoms with van der Waals surface area (Å²) in [6.45, 7) is 9.06. The molecule has 0 aliphatic carbocycles. The lowest BCUT2D eigenvalue weighted by Gasteiger charge is -2.09. The van der Waals surface area contributed by atoms with E-state index < -0.39 is 17.5 Å². The molecule has 2 aliphatic rings. The summed E-state index contributed by atoms with van der Waals surface area (Å²) in [5, 5.41) is 20.0. The Kier molecular flexibility index (Phi) is 25.6. The van der Waals surface area contributed by atoms with Crippen LogP contribution in [0, 0.1) is 0 Å². The number of nitrogens with one attached hydrogen (secondary N) is 2. The van der Waals surface area contributed by atoms with E-state index in [9.17, 15) is 19.8 Å². The molecule has 8 nitrogen and oxygen atoms in total. The zero-order chi connectivity index (χ0) is 62.9. The number of allylic oxidation sites excluding steroid dienone is 2. The lowest BCUT2D eigenvalue weighted by atomic mass is 9.98. The van der Waals surface area contributed by atoms with E-state index in [1.54, 1.807) is 0 Å². The molecular weight excluding hydrogens is 1100 g/mol. The normalized spacial score (nSPS) is 12.0. The standard InChI is InChI=1S/C82H98N4O4/c1-5-9-13-17-21-25-30-59-36-44-63(45-37-59)76-69-52-53-70(83-69)77(64-46-38-60(39-47-64)31-26-22-18-14-10-6-2)72-56-57-74(85-72)79(66-50-42-62(43-51-66)33-28-24-20-16-12-8-4)80-67(34-29-35-68(81(87)88)82(89)90)58-75(86-80)78(73-55-54-71(76)84-73)65-48-40-61(41-49-65)32-27-23-19-15-11-7-3/h29,34-58,83,86H,5-28,30-33H2,1-4H3,(H,87,88)(H,89,90)/b34-29+,76-69?,76-71?,77-70?,77-72?,78-73?,78-75?,79-74?,80-79?. The molecule has 7 aromatic rings. The number of aromatic nitrogens is 4. The van der Waals surface area contributed by atoms with E-state index >= 15 is 0 Å². The zero-order valence-electron chi connectivity index (χ0n) is 54.4. The van der Waals surface area contributed by atoms with Crippen molar-refractivity contribution in [2.24, 2.45) is 0 Å². The Morgan fingerprint density at radius 3 is 1.00 bits per heavy atom. The Hall–Kier alpha value is -8.10. The Balaban J connectivity index is 1.30. The van der Waals surface area contributed by atoms with Crippen LogP contribution in [0.5, 0.6) is 0 Å². The average Bonchev–Trinajstić information content (AvgIpc) is 1.76. The van der Waals surface area contributed by atoms with Crippen LogP contribution in [0.4, 0.5) is 0 Å². The van der Waals surface area contributed by atoms with Gasteiger partial charge in [-0.05, 0) is 144 Å². The van der Waals surface area contributed by atoms with E-state index in [2.05, 4.69) is 177 Å². The monoisotopic (exact) mass is 1200 g/mol. The maximum absolute atomic E-state index is 12.3. The molecule has 4 N–H and O–H groups in total. The predicted molar refractivity (Wildman–Crippen MR) is 381 cm³/mol. The second kappa shape index (κ2) is 34.8. The summed E-state index contributed by atoms with van der Waals surface area (Å²) in [5.74, 6) is -3.02. The van der Waals surface area contributed by atoms with Gasteiger partial charge in [-0.3, -0.25) is 0 Å². The second-order valence-electron chi connectivity index (χ2n) is 25.1. The number of hydrogen-bond donors (Lipinski definition) is 4. The first-order valence-electron chi connectivity index (χ1n) is 34.6. The van der Waals surface area contributed by atoms with Crippen LogP contribution in [0.2, 0.25) is 0 Å². The zero-order valence-corrected chi connectivity index (χ0v) is 54.4. The molecule has 8 bridgehead atoms. The van der Waals surface area contributed by atoms with E-state index in [4.69, 9.17) is 9.97 Å². The van der Waals surface area contributed by atoms with Crippen molar-refractivity contribution < 1.29 is 19.8 Å². The van der Waals surface area contributed by atoms with Crippen LogP contribution in [-0.4, -0.2) is 42.1 Å². The topological polar surface area (TPSA) is 132 Å². The van der Waals surface area contributed by atoms with Crippen LogP contribution in [0.25, 0.3) is 97.0 Å². The Morgan fingerprint density at radius 2 is 0.667 bits per heavy atom. The fourth-order valence-corrected chi connectivity index (χ4v) is 12.9. The van der Waals surface area contributed by atoms with Gasteiger partial charge < -0.3 is 20.2 Å². The molecule has 8 heteroatoms. The van der Waals surface area contributed by atoms with Crippen molar-refractivity contribution in [1.82, 2.24) is 19.9 Å². The summed E-state index contributed by atoms with van der Waals surface area (Å²) < 4.78 is 0. The van der Waals surface area contributed by atoms with Crippen LogP contribution in [0.3, 0.4) is 0 Å². The quantitative estimate of drug-likeness (QED) is 0.0102. The van der Waals surface area contributed by atoms with E-state index in [1.165, 1.54) is 170 Å². The Labute approximate surface area is 536 Å². The molecule has 0 radical (unpaired) electrons. The van der Waals surface area contributed by atoms with Gasteiger partial charge in [-0.15, -0.1) is 0 Å². The molecule has 2 aliphatic heterocycles. The van der Waals surface area contributed by atoms with Gasteiger partial charge in [0.05, 0.1) is 28.3 Å². The summed E-state index contributed by atoms with van der Waals surface area (Å²) in [6.07, 6.45) is 47.0. The lowest BCUT2D eigenvalue weighted by molar-refractivity contribution is -0.140. The molecule has 0 fully saturated rings. The maximum atomic E-state index is 12.3. The number of aromatic amines is 2. The molecular formula is C82H98N4O4. The number of carboxylic acids is 2. The highest BCUT2D eigenvalue weighted by atomic mass is 16.4. The summed E-state index contributed by atoms with van der Waals surface area (Å²) in [5.41, 5.74) is 19.6. The van der Waals surface area contributed by atoms with Crippen molar-refractivity contribution in [3.63, 3.8) is 0 Å². The van der Waals surface area contributed by atoms with Gasteiger partial charge >= 0.3 is 11.9 Å². The molecule has 470 valence electrons. The number of unbranched alkanes of at least 4 members (excludes halogenated alkanes) is 20. The minimum Gasteiger partial charge on any atom is -0.477 e. The number of aryl methyl sites for hydroxylation is 4. The van der Waals surface area contributed by atoms with E-state index in [0.29, 0.717) is 0 Å². The van der Waals surface area contributed by atoms with Gasteiger partial charge in [0.25, 0.3) is 0 Å². The molecule has 4 aromatic carbocycles. The molecule has 9 rings (SSSR count). The van der Waals surface area contributed by atoms with E-state index in [0.717, 1.165) is 140 Å². The van der Waals surface area contributed by atoms with Gasteiger partial charge in [0.15, 0.2) is 0 Å². The van der Waals surface area contributed by atoms with Gasteiger partial charge in [-0.2, -0.15) is 0 Å². The number of carbonyl (C=O) groups is 2. The van der Waals surface area contributed by atoms with Gasteiger partial charge in [-0.25, -0.2) is 19.6 Å². The summed E-state index contributed by atoms with van der Waals surface area (Å²) in [4.78, 5) is 43.8. The number of benzene rings is 4. The van der Waals surface area contributed by atoms with Crippen molar-refractivity contribution in [1.29, 1.82) is 0 Å². The maximum Gasteiger partial charge on any atom is 0.343 e. The number of nitrogens with zero attached hydrogens (tertiary/aromatic N) is 2. The Bertz CT molecular complexity index is 3740. The minimum absolute atomic E-state index is 0.728. The summed E-state index contributed by atoms with van der Waals surface area (Å²) in [7, 11) is 0. The summed E-state index contributed by atoms with van der Waals surface area (Å²) in [6, 6.07) is 42.6. The highest BCUT2D eigenvalue weighted by Gasteiger charge is 2.22. The highest BCUT2D eigenvalue weighted by Crippen LogP contribution is 2.40. The van der Waals surface area contributed by atoms with Crippen molar-refractivity contribution in [2.45, 2.75) is 207 Å². The van der Waals surface area contributed by atoms with Crippen LogP contribution in [0.15, 0.2) is 133 Å². The predicted octanol–water partition coefficient (Wildman–Crippen LogP) is 23.0. The van der Waals surface area contributed by atoms with Gasteiger partial charge in [0.2, 0.25) is 0 Å². The number of carboxylic acid groups (broad SMARTS) is 2. The number of H-pyrrole nitrogens is 2. The third-order valence-corrected chi connectivity index (χ3v) is 18.1. The molecule has 0 saturated heterocycles. The highest BCUT2D eigenvalue weighted by molar-refractivity contribution is 6.13. The first-order valence-corrected chi connectivity index (χ1v) is 34.6. The number of fused-ring (bicyclic) bond motifs is 8. The second-order valence-corrected chi connectivity index (χ2v) is 25.1. The van der Waals surface area contributed by atoms with E-state index in [1.807, 2.05) is 6.08 Å². The molecule has 0 atom stereocenters. The van der Waals surface area contributed by atoms with Gasteiger partial charge in [-0.1, -0.05) is 265 Å². The van der Waals surface area contributed by atoms with Gasteiger partial charge in [0, 0.05) is 44.4 Å². The SMILES string of the molecule is CCCCCCCCc1ccc(-c2c3nc(c(-c4ccc(CCCCCCCC)cc4)c4cc(/C=C/C=C(C(=O)O)C(=O)O)c([nH]4)c(-c4ccc(CCCCCCCC)cc4)c4nc(c(-c5ccc(CCCCCCCC)cc5)c5ccc2[nH]5)C=C4)C=C3)cc1. The van der Waals surface area contributed by atoms with Crippen LogP contribution in [-0.2, 0) is 35.3 Å². The lowest BCUT2D eigenvalue weighted by Crippen LogP contribution is -2.10. The summed E-state index contributed by atoms with van der Waals surface area (Å²) >= 11 is 0. The van der Waals surface area contributed by atoms with Crippen molar-refractivity contribution >= 4 is 64.4 Å². The number of aliphatic carboxylic acids is 2. The first kappa shape index (κ1) is 66.3. The molecule has 3 aromatic heterocycles. The smallest absolute Gasteiger partial charge is 0.343 e. The van der Waals surface area contributed by atoms with Crippen LogP contribution < -0.4 is 0 Å². The average molecular weight is 1200 g/mol. The third kappa shape index (κ3) is 18.3. The third-order valence-electron chi connectivity index (χ3n) is 18.1. The van der Waals surface area contributed by atoms with Crippen molar-refractivity contribution in [3.05, 3.63) is 184 Å². The van der Waals surface area contributed by atoms with Crippen LogP contribution in [0.1, 0.15) is 232 Å². The fraction of sp³-hybridized carbons (Fsp3) is 0.390. The molecule has 0 unspecified atom stereocenters. The van der Waals surface area contributed by atoms with E-state index in [-0.39, 0.29) is 0 Å². The number of hydrogen-bond acceptors (Lipinski definition) is 4. The van der Waals surface area contributed by atoms with Gasteiger partial charge in [0.1, 0.15) is 5.57 Å². The largest absolute Gasteiger partial charge is 0.477 e. The Morgan fingerprint density at radius 1 is 0.367 bits per heavy atom. The fourth-order valence-electron chi connectivity index (χ4n) is 12.9. The molecule has 0 amide bonds. The molecule has 90 heavy (non-hydrogen) atoms. The van der Waals surface area contributed by atoms with Crippen LogP contribution >= 0.6 is 0 Å².